The summed E-state index contributed by atoms with van der Waals surface area (Å²) in [6.45, 7) is 1.03. The normalized spacial score (nSPS) is 17.4. The Morgan fingerprint density at radius 2 is 1.89 bits per heavy atom. The molecule has 0 saturated heterocycles. The highest BCUT2D eigenvalue weighted by molar-refractivity contribution is 6.30. The predicted molar refractivity (Wildman–Crippen MR) is 84.5 cm³/mol. The van der Waals surface area contributed by atoms with Gasteiger partial charge in [-0.25, -0.2) is 0 Å². The first kappa shape index (κ1) is 15.0. The van der Waals surface area contributed by atoms with Gasteiger partial charge in [-0.15, -0.1) is 11.6 Å². The maximum atomic E-state index is 6.04. The topological polar surface area (TPSA) is 6.48 Å². The second-order valence-electron chi connectivity index (χ2n) is 5.74. The summed E-state index contributed by atoms with van der Waals surface area (Å²) < 4.78 is 0. The summed E-state index contributed by atoms with van der Waals surface area (Å²) in [7, 11) is 6.50. The summed E-state index contributed by atoms with van der Waals surface area (Å²) in [5, 5.41) is 0.749. The molecule has 1 aromatic rings. The van der Waals surface area contributed by atoms with Crippen molar-refractivity contribution < 1.29 is 0 Å². The zero-order valence-corrected chi connectivity index (χ0v) is 13.4. The van der Waals surface area contributed by atoms with Crippen molar-refractivity contribution in [2.75, 3.05) is 32.6 Å². The van der Waals surface area contributed by atoms with Crippen LogP contribution in [0.4, 0.5) is 5.69 Å². The maximum absolute atomic E-state index is 6.04. The number of alkyl halides is 1. The molecule has 19 heavy (non-hydrogen) atoms. The molecule has 0 radical (unpaired) electrons. The third-order valence-electron chi connectivity index (χ3n) is 4.36. The Balaban J connectivity index is 2.18. The summed E-state index contributed by atoms with van der Waals surface area (Å²) in [5.41, 5.74) is 2.61. The van der Waals surface area contributed by atoms with Crippen LogP contribution in [0.3, 0.4) is 0 Å². The minimum Gasteiger partial charge on any atom is -0.372 e. The number of hydrogen-bond donors (Lipinski definition) is 0. The lowest BCUT2D eigenvalue weighted by molar-refractivity contribution is 0.0683. The zero-order chi connectivity index (χ0) is 14.0. The summed E-state index contributed by atoms with van der Waals surface area (Å²) >= 11 is 12.1. The molecule has 0 unspecified atom stereocenters. The van der Waals surface area contributed by atoms with Gasteiger partial charge in [0.25, 0.3) is 0 Å². The highest BCUT2D eigenvalue weighted by Gasteiger charge is 2.40. The van der Waals surface area contributed by atoms with Crippen molar-refractivity contribution in [3.63, 3.8) is 0 Å². The van der Waals surface area contributed by atoms with E-state index in [4.69, 9.17) is 23.2 Å². The van der Waals surface area contributed by atoms with Gasteiger partial charge in [-0.2, -0.15) is 0 Å². The summed E-state index contributed by atoms with van der Waals surface area (Å²) in [6, 6.07) is 5.97. The average molecular weight is 301 g/mol. The standard InChI is InChI=1S/C15H22Cl2N2/c1-18(2)15(7-4-8-15)11-19(3)14-6-5-13(17)9-12(14)10-16/h5-6,9H,4,7-8,10-11H2,1-3H3. The van der Waals surface area contributed by atoms with Gasteiger partial charge in [-0.1, -0.05) is 11.6 Å². The molecule has 1 aromatic carbocycles. The van der Waals surface area contributed by atoms with Crippen molar-refractivity contribution in [1.82, 2.24) is 4.90 Å². The van der Waals surface area contributed by atoms with Crippen LogP contribution in [0.1, 0.15) is 24.8 Å². The fourth-order valence-corrected chi connectivity index (χ4v) is 3.30. The molecule has 0 amide bonds. The van der Waals surface area contributed by atoms with E-state index in [9.17, 15) is 0 Å². The zero-order valence-electron chi connectivity index (χ0n) is 11.9. The number of nitrogens with zero attached hydrogens (tertiary/aromatic N) is 2. The summed E-state index contributed by atoms with van der Waals surface area (Å²) in [5.74, 6) is 0.495. The van der Waals surface area contributed by atoms with Crippen LogP contribution in [0.2, 0.25) is 5.02 Å². The second-order valence-corrected chi connectivity index (χ2v) is 6.44. The van der Waals surface area contributed by atoms with E-state index in [1.807, 2.05) is 12.1 Å². The van der Waals surface area contributed by atoms with Crippen molar-refractivity contribution in [2.24, 2.45) is 0 Å². The van der Waals surface area contributed by atoms with Crippen LogP contribution in [0, 0.1) is 0 Å². The monoisotopic (exact) mass is 300 g/mol. The van der Waals surface area contributed by atoms with Crippen LogP contribution < -0.4 is 4.90 Å². The van der Waals surface area contributed by atoms with E-state index in [2.05, 4.69) is 37.0 Å². The lowest BCUT2D eigenvalue weighted by atomic mass is 9.75. The van der Waals surface area contributed by atoms with Gasteiger partial charge in [-0.3, -0.25) is 0 Å². The minimum atomic E-state index is 0.317. The molecular formula is C15H22Cl2N2. The van der Waals surface area contributed by atoms with E-state index in [0.29, 0.717) is 11.4 Å². The van der Waals surface area contributed by atoms with Gasteiger partial charge in [0.1, 0.15) is 0 Å². The van der Waals surface area contributed by atoms with E-state index in [1.165, 1.54) is 24.9 Å². The molecule has 1 aliphatic carbocycles. The van der Waals surface area contributed by atoms with E-state index in [1.54, 1.807) is 0 Å². The van der Waals surface area contributed by atoms with E-state index < -0.39 is 0 Å². The van der Waals surface area contributed by atoms with Crippen LogP contribution in [-0.4, -0.2) is 38.1 Å². The first-order valence-electron chi connectivity index (χ1n) is 6.71. The minimum absolute atomic E-state index is 0.317. The van der Waals surface area contributed by atoms with Gasteiger partial charge >= 0.3 is 0 Å². The van der Waals surface area contributed by atoms with Crippen LogP contribution in [0.25, 0.3) is 0 Å². The fraction of sp³-hybridized carbons (Fsp3) is 0.600. The molecule has 2 nitrogen and oxygen atoms in total. The average Bonchev–Trinajstić information content (AvgIpc) is 2.32. The molecule has 0 atom stereocenters. The number of rotatable bonds is 5. The molecule has 0 spiro atoms. The molecule has 0 bridgehead atoms. The van der Waals surface area contributed by atoms with Crippen molar-refractivity contribution in [3.8, 4) is 0 Å². The Morgan fingerprint density at radius 1 is 1.21 bits per heavy atom. The van der Waals surface area contributed by atoms with Crippen molar-refractivity contribution in [3.05, 3.63) is 28.8 Å². The predicted octanol–water partition coefficient (Wildman–Crippen LogP) is 4.00. The Morgan fingerprint density at radius 3 is 2.37 bits per heavy atom. The number of likely N-dealkylation sites (N-methyl/N-ethyl adjacent to an activating group) is 2. The SMILES string of the molecule is CN(CC1(N(C)C)CCC1)c1ccc(Cl)cc1CCl. The van der Waals surface area contributed by atoms with E-state index in [-0.39, 0.29) is 0 Å². The molecule has 0 heterocycles. The first-order valence-corrected chi connectivity index (χ1v) is 7.63. The molecule has 4 heteroatoms. The summed E-state index contributed by atoms with van der Waals surface area (Å²) in [4.78, 5) is 4.68. The molecule has 106 valence electrons. The largest absolute Gasteiger partial charge is 0.372 e. The van der Waals surface area contributed by atoms with E-state index in [0.717, 1.165) is 17.1 Å². The Hall–Kier alpha value is -0.440. The van der Waals surface area contributed by atoms with Gasteiger partial charge in [0.2, 0.25) is 0 Å². The number of halogens is 2. The van der Waals surface area contributed by atoms with Crippen molar-refractivity contribution in [2.45, 2.75) is 30.7 Å². The van der Waals surface area contributed by atoms with Gasteiger partial charge < -0.3 is 9.80 Å². The first-order chi connectivity index (χ1) is 8.98. The lowest BCUT2D eigenvalue weighted by Crippen LogP contribution is -2.56. The van der Waals surface area contributed by atoms with Crippen LogP contribution in [0.5, 0.6) is 0 Å². The number of hydrogen-bond acceptors (Lipinski definition) is 2. The molecular weight excluding hydrogens is 279 g/mol. The smallest absolute Gasteiger partial charge is 0.0495 e. The van der Waals surface area contributed by atoms with Gasteiger partial charge in [0, 0.05) is 35.7 Å². The molecule has 1 aliphatic rings. The van der Waals surface area contributed by atoms with Crippen LogP contribution in [-0.2, 0) is 5.88 Å². The van der Waals surface area contributed by atoms with Crippen molar-refractivity contribution >= 4 is 28.9 Å². The maximum Gasteiger partial charge on any atom is 0.0495 e. The molecule has 1 fully saturated rings. The Bertz CT molecular complexity index is 442. The highest BCUT2D eigenvalue weighted by Crippen LogP contribution is 2.38. The van der Waals surface area contributed by atoms with E-state index >= 15 is 0 Å². The number of anilines is 1. The molecule has 2 rings (SSSR count). The van der Waals surface area contributed by atoms with Crippen LogP contribution in [0.15, 0.2) is 18.2 Å². The van der Waals surface area contributed by atoms with Gasteiger partial charge in [-0.05, 0) is 57.1 Å². The number of benzene rings is 1. The third-order valence-corrected chi connectivity index (χ3v) is 4.88. The third kappa shape index (κ3) is 3.01. The van der Waals surface area contributed by atoms with Crippen molar-refractivity contribution in [1.29, 1.82) is 0 Å². The molecule has 0 aliphatic heterocycles. The second kappa shape index (κ2) is 5.90. The summed E-state index contributed by atoms with van der Waals surface area (Å²) in [6.07, 6.45) is 3.87. The van der Waals surface area contributed by atoms with Crippen LogP contribution >= 0.6 is 23.2 Å². The quantitative estimate of drug-likeness (QED) is 0.759. The van der Waals surface area contributed by atoms with Gasteiger partial charge in [0.15, 0.2) is 0 Å². The Kier molecular flexibility index (Phi) is 4.65. The molecule has 0 aromatic heterocycles. The lowest BCUT2D eigenvalue weighted by Gasteiger charge is -2.49. The van der Waals surface area contributed by atoms with Gasteiger partial charge in [0.05, 0.1) is 0 Å². The molecule has 1 saturated carbocycles. The fourth-order valence-electron chi connectivity index (χ4n) is 2.89. The molecule has 0 N–H and O–H groups in total. The highest BCUT2D eigenvalue weighted by atomic mass is 35.5. The Labute approximate surface area is 126 Å².